The van der Waals surface area contributed by atoms with E-state index in [0.717, 1.165) is 27.8 Å². The van der Waals surface area contributed by atoms with E-state index < -0.39 is 5.82 Å². The van der Waals surface area contributed by atoms with Crippen LogP contribution in [0, 0.1) is 24.1 Å². The van der Waals surface area contributed by atoms with Crippen LogP contribution in [0.3, 0.4) is 0 Å². The number of halogens is 1. The maximum absolute atomic E-state index is 14.5. The highest BCUT2D eigenvalue weighted by Gasteiger charge is 2.24. The first-order chi connectivity index (χ1) is 15.1. The van der Waals surface area contributed by atoms with Crippen LogP contribution in [0.4, 0.5) is 4.39 Å². The second-order valence-corrected chi connectivity index (χ2v) is 8.83. The molecule has 0 saturated heterocycles. The lowest BCUT2D eigenvalue weighted by molar-refractivity contribution is 0.442. The number of phenols is 1. The monoisotopic (exact) mass is 433 g/mol. The van der Waals surface area contributed by atoms with E-state index in [9.17, 15) is 14.8 Å². The highest BCUT2D eigenvalue weighted by molar-refractivity contribution is 7.10. The van der Waals surface area contributed by atoms with Crippen molar-refractivity contribution >= 4 is 22.4 Å². The second-order valence-electron chi connectivity index (χ2n) is 7.94. The van der Waals surface area contributed by atoms with Gasteiger partial charge in [0.2, 0.25) is 0 Å². The summed E-state index contributed by atoms with van der Waals surface area (Å²) in [4.78, 5) is 9.38. The number of benzene rings is 1. The number of nitrogens with zero attached hydrogens (tertiary/aromatic N) is 4. The van der Waals surface area contributed by atoms with Crippen molar-refractivity contribution < 1.29 is 9.50 Å². The molecular formula is C23H20FN5OS. The van der Waals surface area contributed by atoms with E-state index >= 15 is 0 Å². The molecule has 1 saturated carbocycles. The number of aromatic hydroxyl groups is 1. The molecule has 0 atom stereocenters. The first-order valence-electron chi connectivity index (χ1n) is 10.3. The number of phenolic OH excluding ortho intramolecular Hbond substituents is 1. The van der Waals surface area contributed by atoms with E-state index in [2.05, 4.69) is 21.3 Å². The first-order valence-corrected chi connectivity index (χ1v) is 11.2. The van der Waals surface area contributed by atoms with Gasteiger partial charge in [0.1, 0.15) is 17.6 Å². The Balaban J connectivity index is 1.63. The van der Waals surface area contributed by atoms with Gasteiger partial charge in [-0.3, -0.25) is 5.10 Å². The number of rotatable bonds is 3. The third-order valence-corrected chi connectivity index (χ3v) is 7.01. The normalized spacial score (nSPS) is 14.7. The molecule has 0 spiro atoms. The van der Waals surface area contributed by atoms with Crippen LogP contribution < -0.4 is 0 Å². The summed E-state index contributed by atoms with van der Waals surface area (Å²) in [5.74, 6) is -0.313. The number of aryl methyl sites for hydroxylation is 1. The van der Waals surface area contributed by atoms with Gasteiger partial charge in [-0.05, 0) is 37.5 Å². The summed E-state index contributed by atoms with van der Waals surface area (Å²) in [6.07, 6.45) is 6.15. The summed E-state index contributed by atoms with van der Waals surface area (Å²) in [6, 6.07) is 5.97. The maximum Gasteiger partial charge on any atom is 0.182 e. The fourth-order valence-electron chi connectivity index (χ4n) is 4.39. The lowest BCUT2D eigenvalue weighted by atomic mass is 9.90. The van der Waals surface area contributed by atoms with Gasteiger partial charge in [0.15, 0.2) is 5.65 Å². The van der Waals surface area contributed by atoms with Crippen molar-refractivity contribution in [2.75, 3.05) is 0 Å². The number of thiazole rings is 1. The van der Waals surface area contributed by atoms with Crippen molar-refractivity contribution in [3.8, 4) is 34.5 Å². The van der Waals surface area contributed by atoms with Crippen LogP contribution in [0.2, 0.25) is 0 Å². The van der Waals surface area contributed by atoms with Crippen LogP contribution in [0.25, 0.3) is 33.7 Å². The van der Waals surface area contributed by atoms with Crippen LogP contribution in [0.15, 0.2) is 23.6 Å². The number of hydrogen-bond donors (Lipinski definition) is 2. The summed E-state index contributed by atoms with van der Waals surface area (Å²) in [5.41, 5.74) is 3.24. The van der Waals surface area contributed by atoms with Gasteiger partial charge in [0, 0.05) is 22.9 Å². The lowest BCUT2D eigenvalue weighted by Crippen LogP contribution is -2.03. The van der Waals surface area contributed by atoms with E-state index in [1.807, 2.05) is 12.3 Å². The second kappa shape index (κ2) is 7.75. The Morgan fingerprint density at radius 1 is 1.23 bits per heavy atom. The van der Waals surface area contributed by atoms with E-state index in [0.29, 0.717) is 17.1 Å². The van der Waals surface area contributed by atoms with Crippen molar-refractivity contribution in [1.82, 2.24) is 20.2 Å². The molecule has 1 aliphatic carbocycles. The molecule has 0 unspecified atom stereocenters. The van der Waals surface area contributed by atoms with E-state index in [1.165, 1.54) is 44.2 Å². The minimum atomic E-state index is -0.643. The fraction of sp³-hybridized carbons (Fsp3) is 0.304. The Morgan fingerprint density at radius 3 is 2.77 bits per heavy atom. The van der Waals surface area contributed by atoms with Crippen molar-refractivity contribution in [2.45, 2.75) is 44.9 Å². The molecule has 31 heavy (non-hydrogen) atoms. The molecule has 4 aromatic rings. The number of aromatic amines is 1. The molecule has 0 aliphatic heterocycles. The van der Waals surface area contributed by atoms with Crippen molar-refractivity contribution in [3.05, 3.63) is 45.5 Å². The van der Waals surface area contributed by atoms with Gasteiger partial charge in [-0.25, -0.2) is 14.4 Å². The van der Waals surface area contributed by atoms with Gasteiger partial charge < -0.3 is 5.11 Å². The van der Waals surface area contributed by atoms with Gasteiger partial charge in [-0.2, -0.15) is 10.4 Å². The summed E-state index contributed by atoms with van der Waals surface area (Å²) in [7, 11) is 0. The standard InChI is InChI=1S/C23H20FN5OS/c1-12-16(10-25)20(15-8-7-14(30)9-17(15)24)27-22-19(12)21(28-29-22)18-11-31-23(26-18)13-5-3-2-4-6-13/h7-9,11,13,30H,2-6H2,1H3,(H,27,28,29). The number of nitriles is 1. The third-order valence-electron chi connectivity index (χ3n) is 6.00. The third kappa shape index (κ3) is 3.35. The van der Waals surface area contributed by atoms with Crippen LogP contribution >= 0.6 is 11.3 Å². The number of aromatic nitrogens is 4. The maximum atomic E-state index is 14.5. The fourth-order valence-corrected chi connectivity index (χ4v) is 5.37. The van der Waals surface area contributed by atoms with Crippen LogP contribution in [0.5, 0.6) is 5.75 Å². The van der Waals surface area contributed by atoms with Gasteiger partial charge in [0.25, 0.3) is 0 Å². The molecule has 1 fully saturated rings. The molecular weight excluding hydrogens is 413 g/mol. The zero-order chi connectivity index (χ0) is 21.5. The molecule has 0 radical (unpaired) electrons. The SMILES string of the molecule is Cc1c(C#N)c(-c2ccc(O)cc2F)nc2n[nH]c(-c3csc(C4CCCCC4)n3)c12. The quantitative estimate of drug-likeness (QED) is 0.424. The first kappa shape index (κ1) is 19.6. The van der Waals surface area contributed by atoms with Gasteiger partial charge in [0.05, 0.1) is 33.0 Å². The Morgan fingerprint density at radius 2 is 2.03 bits per heavy atom. The number of nitrogens with one attached hydrogen (secondary N) is 1. The molecule has 2 N–H and O–H groups in total. The largest absolute Gasteiger partial charge is 0.508 e. The van der Waals surface area contributed by atoms with E-state index in [1.54, 1.807) is 11.3 Å². The Hall–Kier alpha value is -3.31. The van der Waals surface area contributed by atoms with Crippen LogP contribution in [-0.2, 0) is 0 Å². The van der Waals surface area contributed by atoms with Crippen LogP contribution in [-0.4, -0.2) is 25.3 Å². The smallest absolute Gasteiger partial charge is 0.182 e. The summed E-state index contributed by atoms with van der Waals surface area (Å²) >= 11 is 1.66. The van der Waals surface area contributed by atoms with E-state index in [-0.39, 0.29) is 22.6 Å². The molecule has 3 aromatic heterocycles. The topological polar surface area (TPSA) is 98.5 Å². The molecule has 6 nitrogen and oxygen atoms in total. The molecule has 0 amide bonds. The molecule has 1 aliphatic rings. The predicted molar refractivity (Wildman–Crippen MR) is 117 cm³/mol. The average Bonchev–Trinajstić information content (AvgIpc) is 3.42. The van der Waals surface area contributed by atoms with E-state index in [4.69, 9.17) is 4.98 Å². The Kier molecular flexibility index (Phi) is 4.91. The molecule has 1 aromatic carbocycles. The van der Waals surface area contributed by atoms with Crippen molar-refractivity contribution in [2.24, 2.45) is 0 Å². The molecule has 156 valence electrons. The molecule has 3 heterocycles. The van der Waals surface area contributed by atoms with Gasteiger partial charge in [-0.15, -0.1) is 11.3 Å². The zero-order valence-electron chi connectivity index (χ0n) is 16.9. The Bertz CT molecular complexity index is 1330. The number of hydrogen-bond acceptors (Lipinski definition) is 6. The average molecular weight is 434 g/mol. The minimum absolute atomic E-state index is 0.150. The van der Waals surface area contributed by atoms with Gasteiger partial charge >= 0.3 is 0 Å². The number of H-pyrrole nitrogens is 1. The zero-order valence-corrected chi connectivity index (χ0v) is 17.8. The minimum Gasteiger partial charge on any atom is -0.508 e. The molecule has 8 heteroatoms. The summed E-state index contributed by atoms with van der Waals surface area (Å²) < 4.78 is 14.5. The predicted octanol–water partition coefficient (Wildman–Crippen LogP) is 5.82. The lowest BCUT2D eigenvalue weighted by Gasteiger charge is -2.18. The molecule has 5 rings (SSSR count). The molecule has 0 bridgehead atoms. The summed E-state index contributed by atoms with van der Waals surface area (Å²) in [5, 5.41) is 30.6. The number of fused-ring (bicyclic) bond motifs is 1. The van der Waals surface area contributed by atoms with Gasteiger partial charge in [-0.1, -0.05) is 19.3 Å². The van der Waals surface area contributed by atoms with Crippen LogP contribution in [0.1, 0.15) is 54.2 Å². The highest BCUT2D eigenvalue weighted by Crippen LogP contribution is 2.38. The number of pyridine rings is 1. The van der Waals surface area contributed by atoms with Crippen molar-refractivity contribution in [1.29, 1.82) is 5.26 Å². The Labute approximate surface area is 182 Å². The highest BCUT2D eigenvalue weighted by atomic mass is 32.1. The van der Waals surface area contributed by atoms with Crippen molar-refractivity contribution in [3.63, 3.8) is 0 Å². The summed E-state index contributed by atoms with van der Waals surface area (Å²) in [6.45, 7) is 1.82.